The van der Waals surface area contributed by atoms with Gasteiger partial charge in [0.15, 0.2) is 9.84 Å². The first-order valence-corrected chi connectivity index (χ1v) is 11.1. The molecule has 11 heteroatoms. The Morgan fingerprint density at radius 3 is 2.68 bits per heavy atom. The highest BCUT2D eigenvalue weighted by Crippen LogP contribution is 2.30. The number of para-hydroxylation sites is 1. The quantitative estimate of drug-likeness (QED) is 0.542. The monoisotopic (exact) mass is 461 g/mol. The Bertz CT molecular complexity index is 1330. The van der Waals surface area contributed by atoms with Crippen molar-refractivity contribution in [2.45, 2.75) is 10.9 Å². The molecule has 4 rings (SSSR count). The van der Waals surface area contributed by atoms with E-state index >= 15 is 0 Å². The molecule has 1 unspecified atom stereocenters. The van der Waals surface area contributed by atoms with Crippen molar-refractivity contribution in [1.29, 1.82) is 0 Å². The minimum atomic E-state index is -3.99. The van der Waals surface area contributed by atoms with Crippen LogP contribution in [0, 0.1) is 0 Å². The molecule has 160 valence electrons. The first-order valence-electron chi connectivity index (χ1n) is 9.10. The Labute approximate surface area is 181 Å². The van der Waals surface area contributed by atoms with Crippen LogP contribution < -0.4 is 10.2 Å². The summed E-state index contributed by atoms with van der Waals surface area (Å²) in [5.41, 5.74) is 0.704. The Balaban J connectivity index is 1.69. The van der Waals surface area contributed by atoms with E-state index in [0.29, 0.717) is 15.9 Å². The number of nitrogens with one attached hydrogen (secondary N) is 2. The zero-order valence-electron chi connectivity index (χ0n) is 15.8. The number of H-pyrrole nitrogens is 1. The second kappa shape index (κ2) is 7.71. The van der Waals surface area contributed by atoms with Gasteiger partial charge in [-0.1, -0.05) is 23.7 Å². The van der Waals surface area contributed by atoms with Crippen LogP contribution >= 0.6 is 11.6 Å². The van der Waals surface area contributed by atoms with Crippen molar-refractivity contribution in [3.05, 3.63) is 59.2 Å². The average Bonchev–Trinajstić information content (AvgIpc) is 3.11. The number of hydrogen-bond donors (Lipinski definition) is 3. The maximum Gasteiger partial charge on any atom is 0.323 e. The van der Waals surface area contributed by atoms with E-state index in [4.69, 9.17) is 11.6 Å². The molecule has 0 spiro atoms. The standard InChI is InChI=1S/C20H16ClN3O6S/c21-12-5-6-13-11(7-12)8-14(22-13)19(27)23-15-10-31(29,30)17-4-2-1-3-16(17)24(20(15)28)9-18(25)26/h1-8,15,22H,9-10H2,(H,23,27)(H,25,26). The molecule has 1 aliphatic rings. The van der Waals surface area contributed by atoms with Crippen LogP contribution in [0.1, 0.15) is 10.5 Å². The highest BCUT2D eigenvalue weighted by Gasteiger charge is 2.39. The van der Waals surface area contributed by atoms with Crippen molar-refractivity contribution in [2.24, 2.45) is 0 Å². The summed E-state index contributed by atoms with van der Waals surface area (Å²) in [5.74, 6) is -3.55. The minimum absolute atomic E-state index is 0.0353. The minimum Gasteiger partial charge on any atom is -0.480 e. The van der Waals surface area contributed by atoms with Crippen LogP contribution in [0.15, 0.2) is 53.4 Å². The first kappa shape index (κ1) is 20.9. The van der Waals surface area contributed by atoms with Crippen LogP contribution in [-0.4, -0.2) is 54.6 Å². The number of carbonyl (C=O) groups is 3. The number of carboxylic acid groups (broad SMARTS) is 1. The fourth-order valence-electron chi connectivity index (χ4n) is 3.49. The highest BCUT2D eigenvalue weighted by atomic mass is 35.5. The summed E-state index contributed by atoms with van der Waals surface area (Å²) in [7, 11) is -3.99. The van der Waals surface area contributed by atoms with Crippen LogP contribution in [0.3, 0.4) is 0 Å². The summed E-state index contributed by atoms with van der Waals surface area (Å²) in [4.78, 5) is 40.8. The van der Waals surface area contributed by atoms with Crippen molar-refractivity contribution < 1.29 is 27.9 Å². The van der Waals surface area contributed by atoms with Gasteiger partial charge in [-0.3, -0.25) is 19.3 Å². The van der Waals surface area contributed by atoms with Crippen LogP contribution in [0.4, 0.5) is 5.69 Å². The zero-order valence-corrected chi connectivity index (χ0v) is 17.4. The second-order valence-corrected chi connectivity index (χ2v) is 9.45. The first-order chi connectivity index (χ1) is 14.7. The van der Waals surface area contributed by atoms with Gasteiger partial charge in [-0.05, 0) is 36.4 Å². The van der Waals surface area contributed by atoms with Crippen LogP contribution in [0.2, 0.25) is 5.02 Å². The molecule has 0 saturated heterocycles. The third kappa shape index (κ3) is 3.99. The van der Waals surface area contributed by atoms with Crippen molar-refractivity contribution in [1.82, 2.24) is 10.3 Å². The number of halogens is 1. The zero-order chi connectivity index (χ0) is 22.3. The van der Waals surface area contributed by atoms with E-state index in [9.17, 15) is 27.9 Å². The molecule has 3 aromatic rings. The molecule has 0 bridgehead atoms. The number of amides is 2. The molecule has 0 radical (unpaired) electrons. The number of carbonyl (C=O) groups excluding carboxylic acids is 2. The molecule has 1 aromatic heterocycles. The summed E-state index contributed by atoms with van der Waals surface area (Å²) in [6.07, 6.45) is 0. The number of sulfone groups is 1. The SMILES string of the molecule is O=C(O)CN1C(=O)C(NC(=O)c2cc3cc(Cl)ccc3[nH]2)CS(=O)(=O)c2ccccc21. The van der Waals surface area contributed by atoms with Gasteiger partial charge in [0.1, 0.15) is 18.3 Å². The number of nitrogens with zero attached hydrogens (tertiary/aromatic N) is 1. The third-order valence-corrected chi connectivity index (χ3v) is 6.89. The van der Waals surface area contributed by atoms with Crippen LogP contribution in [0.5, 0.6) is 0 Å². The number of rotatable bonds is 4. The number of carboxylic acids is 1. The lowest BCUT2D eigenvalue weighted by Crippen LogP contribution is -2.51. The van der Waals surface area contributed by atoms with E-state index in [1.807, 2.05) is 0 Å². The van der Waals surface area contributed by atoms with Gasteiger partial charge in [0.05, 0.1) is 16.3 Å². The summed E-state index contributed by atoms with van der Waals surface area (Å²) in [5, 5.41) is 12.8. The Morgan fingerprint density at radius 1 is 1.19 bits per heavy atom. The van der Waals surface area contributed by atoms with E-state index in [0.717, 1.165) is 4.90 Å². The molecule has 31 heavy (non-hydrogen) atoms. The average molecular weight is 462 g/mol. The van der Waals surface area contributed by atoms with Gasteiger partial charge in [-0.25, -0.2) is 8.42 Å². The predicted molar refractivity (Wildman–Crippen MR) is 113 cm³/mol. The molecule has 9 nitrogen and oxygen atoms in total. The molecule has 2 amide bonds. The van der Waals surface area contributed by atoms with Crippen LogP contribution in [0.25, 0.3) is 10.9 Å². The molecular formula is C20H16ClN3O6S. The van der Waals surface area contributed by atoms with Gasteiger partial charge >= 0.3 is 5.97 Å². The largest absolute Gasteiger partial charge is 0.480 e. The van der Waals surface area contributed by atoms with Gasteiger partial charge in [-0.15, -0.1) is 0 Å². The summed E-state index contributed by atoms with van der Waals surface area (Å²) in [6, 6.07) is 10.7. The fourth-order valence-corrected chi connectivity index (χ4v) is 5.30. The molecule has 2 heterocycles. The lowest BCUT2D eigenvalue weighted by atomic mass is 10.2. The van der Waals surface area contributed by atoms with E-state index in [1.54, 1.807) is 18.2 Å². The Morgan fingerprint density at radius 2 is 1.94 bits per heavy atom. The topological polar surface area (TPSA) is 137 Å². The highest BCUT2D eigenvalue weighted by molar-refractivity contribution is 7.91. The molecule has 1 aliphatic heterocycles. The third-order valence-electron chi connectivity index (χ3n) is 4.87. The molecule has 0 fully saturated rings. The van der Waals surface area contributed by atoms with Gasteiger partial charge < -0.3 is 15.4 Å². The van der Waals surface area contributed by atoms with Gasteiger partial charge in [0.25, 0.3) is 11.8 Å². The fraction of sp³-hybridized carbons (Fsp3) is 0.150. The number of aromatic nitrogens is 1. The van der Waals surface area contributed by atoms with Crippen molar-refractivity contribution in [2.75, 3.05) is 17.2 Å². The van der Waals surface area contributed by atoms with Gasteiger partial charge in [-0.2, -0.15) is 0 Å². The smallest absolute Gasteiger partial charge is 0.323 e. The number of benzene rings is 2. The van der Waals surface area contributed by atoms with Crippen molar-refractivity contribution >= 4 is 55.8 Å². The number of aliphatic carboxylic acids is 1. The molecule has 3 N–H and O–H groups in total. The normalized spacial score (nSPS) is 17.8. The maximum absolute atomic E-state index is 13.1. The summed E-state index contributed by atoms with van der Waals surface area (Å²) >= 11 is 5.95. The summed E-state index contributed by atoms with van der Waals surface area (Å²) in [6.45, 7) is -0.747. The summed E-state index contributed by atoms with van der Waals surface area (Å²) < 4.78 is 25.8. The van der Waals surface area contributed by atoms with Gasteiger partial charge in [0, 0.05) is 15.9 Å². The van der Waals surface area contributed by atoms with E-state index in [2.05, 4.69) is 10.3 Å². The molecule has 1 atom stereocenters. The Hall–Kier alpha value is -3.37. The van der Waals surface area contributed by atoms with Crippen molar-refractivity contribution in [3.8, 4) is 0 Å². The number of anilines is 1. The molecule has 2 aromatic carbocycles. The number of aromatic amines is 1. The number of hydrogen-bond acceptors (Lipinski definition) is 5. The maximum atomic E-state index is 13.1. The Kier molecular flexibility index (Phi) is 5.19. The molecular weight excluding hydrogens is 446 g/mol. The molecule has 0 saturated carbocycles. The van der Waals surface area contributed by atoms with Crippen LogP contribution in [-0.2, 0) is 19.4 Å². The van der Waals surface area contributed by atoms with Gasteiger partial charge in [0.2, 0.25) is 0 Å². The number of fused-ring (bicyclic) bond motifs is 2. The van der Waals surface area contributed by atoms with Crippen molar-refractivity contribution in [3.63, 3.8) is 0 Å². The lowest BCUT2D eigenvalue weighted by molar-refractivity contribution is -0.136. The lowest BCUT2D eigenvalue weighted by Gasteiger charge is -2.23. The van der Waals surface area contributed by atoms with E-state index in [1.165, 1.54) is 30.3 Å². The van der Waals surface area contributed by atoms with E-state index < -0.39 is 46.0 Å². The second-order valence-electron chi connectivity index (χ2n) is 7.01. The predicted octanol–water partition coefficient (Wildman–Crippen LogP) is 1.82. The van der Waals surface area contributed by atoms with E-state index in [-0.39, 0.29) is 16.3 Å². The molecule has 0 aliphatic carbocycles.